The average molecular weight is 694 g/mol. The number of carbonyl (C=O) groups is 1. The molecule has 254 valence electrons. The highest BCUT2D eigenvalue weighted by atomic mass is 31.2. The summed E-state index contributed by atoms with van der Waals surface area (Å²) in [7, 11) is -4.25. The lowest BCUT2D eigenvalue weighted by atomic mass is 10.2. The van der Waals surface area contributed by atoms with Gasteiger partial charge in [0.25, 0.3) is 0 Å². The number of rotatable bonds is 7. The topological polar surface area (TPSA) is 207 Å². The Balaban J connectivity index is 0.000000197. The fourth-order valence-electron chi connectivity index (χ4n) is 3.99. The van der Waals surface area contributed by atoms with E-state index in [0.717, 1.165) is 28.2 Å². The minimum atomic E-state index is -4.25. The number of pyridine rings is 6. The van der Waals surface area contributed by atoms with Crippen molar-refractivity contribution in [2.75, 3.05) is 0 Å². The van der Waals surface area contributed by atoms with E-state index in [1.165, 1.54) is 23.9 Å². The Morgan fingerprint density at radius 2 is 1.02 bits per heavy atom. The van der Waals surface area contributed by atoms with E-state index in [-0.39, 0.29) is 11.5 Å². The van der Waals surface area contributed by atoms with E-state index in [4.69, 9.17) is 24.2 Å². The first-order valence-electron chi connectivity index (χ1n) is 14.6. The summed E-state index contributed by atoms with van der Waals surface area (Å²) in [4.78, 5) is 74.6. The number of hydroxylamine groups is 1. The van der Waals surface area contributed by atoms with Crippen molar-refractivity contribution in [2.45, 2.75) is 20.8 Å². The highest BCUT2D eigenvalue weighted by molar-refractivity contribution is 7.60. The van der Waals surface area contributed by atoms with Gasteiger partial charge in [-0.15, -0.1) is 0 Å². The van der Waals surface area contributed by atoms with Gasteiger partial charge in [-0.2, -0.15) is 15.1 Å². The predicted molar refractivity (Wildman–Crippen MR) is 183 cm³/mol. The Labute approximate surface area is 287 Å². The van der Waals surface area contributed by atoms with Gasteiger partial charge in [-0.05, 0) is 98.1 Å². The molecule has 6 aromatic heterocycles. The van der Waals surface area contributed by atoms with Crippen molar-refractivity contribution < 1.29 is 33.6 Å². The molecule has 1 amide bonds. The van der Waals surface area contributed by atoms with Crippen LogP contribution in [0.15, 0.2) is 116 Å². The summed E-state index contributed by atoms with van der Waals surface area (Å²) in [5.41, 5.74) is 9.81. The van der Waals surface area contributed by atoms with E-state index in [1.807, 2.05) is 75.4 Å². The van der Waals surface area contributed by atoms with Crippen LogP contribution in [0, 0.1) is 20.8 Å². The first-order valence-corrected chi connectivity index (χ1v) is 16.2. The molecular weight excluding hydrogens is 661 g/mol. The summed E-state index contributed by atoms with van der Waals surface area (Å²) in [6.07, 6.45) is 10.6. The predicted octanol–water partition coefficient (Wildman–Crippen LogP) is 4.62. The Kier molecular flexibility index (Phi) is 14.9. The van der Waals surface area contributed by atoms with Gasteiger partial charge in [-0.25, -0.2) is 0 Å². The fraction of sp³-hybridized carbons (Fsp3) is 0.0857. The highest BCUT2D eigenvalue weighted by Crippen LogP contribution is 2.33. The maximum Gasteiger partial charge on any atom is 0.373 e. The van der Waals surface area contributed by atoms with E-state index in [1.54, 1.807) is 43.1 Å². The van der Waals surface area contributed by atoms with Crippen LogP contribution in [-0.4, -0.2) is 52.3 Å². The molecule has 0 aliphatic carbocycles. The van der Waals surface area contributed by atoms with Gasteiger partial charge in [-0.1, -0.05) is 6.07 Å². The smallest absolute Gasteiger partial charge is 0.373 e. The van der Waals surface area contributed by atoms with Crippen LogP contribution >= 0.6 is 7.60 Å². The molecular formula is C35H32N7O7P. The van der Waals surface area contributed by atoms with Crippen LogP contribution in [0.3, 0.4) is 0 Å². The van der Waals surface area contributed by atoms with Gasteiger partial charge in [0.05, 0.1) is 39.5 Å². The minimum Gasteiger partial charge on any atom is -0.380 e. The lowest BCUT2D eigenvalue weighted by Crippen LogP contribution is -2.15. The molecule has 0 aliphatic rings. The Morgan fingerprint density at radius 3 is 1.46 bits per heavy atom. The van der Waals surface area contributed by atoms with Crippen molar-refractivity contribution in [1.29, 1.82) is 0 Å². The molecule has 6 heterocycles. The van der Waals surface area contributed by atoms with Crippen LogP contribution in [0.1, 0.15) is 16.7 Å². The molecule has 0 aromatic carbocycles. The first kappa shape index (κ1) is 38.2. The average Bonchev–Trinajstić information content (AvgIpc) is 3.12. The molecule has 0 aliphatic heterocycles. The van der Waals surface area contributed by atoms with Crippen molar-refractivity contribution in [2.24, 2.45) is 0 Å². The molecule has 0 saturated heterocycles. The Bertz CT molecular complexity index is 2070. The number of aromatic nitrogens is 6. The second-order valence-corrected chi connectivity index (χ2v) is 11.7. The van der Waals surface area contributed by atoms with E-state index < -0.39 is 7.60 Å². The minimum absolute atomic E-state index is 0.0502. The van der Waals surface area contributed by atoms with Gasteiger partial charge in [0, 0.05) is 49.3 Å². The van der Waals surface area contributed by atoms with Crippen molar-refractivity contribution >= 4 is 25.5 Å². The first-order chi connectivity index (χ1) is 24.0. The molecule has 0 unspecified atom stereocenters. The fourth-order valence-corrected chi connectivity index (χ4v) is 4.54. The van der Waals surface area contributed by atoms with Crippen LogP contribution in [0.5, 0.6) is 5.75 Å². The molecule has 3 N–H and O–H groups in total. The molecule has 0 fully saturated rings. The van der Waals surface area contributed by atoms with Gasteiger partial charge in [0.15, 0.2) is 5.75 Å². The molecule has 6 aromatic rings. The normalized spacial score (nSPS) is 9.94. The monoisotopic (exact) mass is 693 g/mol. The van der Waals surface area contributed by atoms with Crippen molar-refractivity contribution in [3.63, 3.8) is 0 Å². The van der Waals surface area contributed by atoms with Crippen molar-refractivity contribution in [1.82, 2.24) is 35.4 Å². The van der Waals surface area contributed by atoms with Gasteiger partial charge < -0.3 is 14.6 Å². The lowest BCUT2D eigenvalue weighted by molar-refractivity contribution is -0.191. The third-order valence-corrected chi connectivity index (χ3v) is 7.19. The second-order valence-electron chi connectivity index (χ2n) is 10.1. The summed E-state index contributed by atoms with van der Waals surface area (Å²) in [5, 5.41) is -0.0502. The van der Waals surface area contributed by atoms with E-state index in [9.17, 15) is 9.36 Å². The van der Waals surface area contributed by atoms with E-state index in [0.29, 0.717) is 29.2 Å². The maximum absolute atomic E-state index is 11.1. The summed E-state index contributed by atoms with van der Waals surface area (Å²) < 4.78 is 11.1. The third-order valence-electron chi connectivity index (χ3n) is 6.23. The molecule has 0 spiro atoms. The summed E-state index contributed by atoms with van der Waals surface area (Å²) in [5.74, 6) is 0.505. The van der Waals surface area contributed by atoms with Crippen LogP contribution in [0.25, 0.3) is 34.2 Å². The molecule has 0 atom stereocenters. The van der Waals surface area contributed by atoms with Crippen molar-refractivity contribution in [3.8, 4) is 39.9 Å². The Morgan fingerprint density at radius 1 is 0.600 bits per heavy atom. The third kappa shape index (κ3) is 12.7. The summed E-state index contributed by atoms with van der Waals surface area (Å²) in [6, 6.07) is 23.4. The molecule has 15 heteroatoms. The molecule has 14 nitrogen and oxygen atoms in total. The number of hydrogen-bond acceptors (Lipinski definition) is 11. The van der Waals surface area contributed by atoms with Crippen LogP contribution in [0.2, 0.25) is 0 Å². The van der Waals surface area contributed by atoms with Gasteiger partial charge in [-0.3, -0.25) is 39.3 Å². The largest absolute Gasteiger partial charge is 0.380 e. The number of aryl methyl sites for hydroxylation is 3. The van der Waals surface area contributed by atoms with Crippen molar-refractivity contribution in [3.05, 3.63) is 133 Å². The molecule has 0 saturated carbocycles. The van der Waals surface area contributed by atoms with Gasteiger partial charge in [0.2, 0.25) is 6.41 Å². The van der Waals surface area contributed by atoms with E-state index >= 15 is 0 Å². The number of hydrogen-bond donors (Lipinski definition) is 3. The molecule has 0 bridgehead atoms. The van der Waals surface area contributed by atoms with Gasteiger partial charge >= 0.3 is 13.7 Å². The molecule has 6 rings (SSSR count). The molecule has 0 radical (unpaired) electrons. The van der Waals surface area contributed by atoms with Crippen LogP contribution in [-0.2, 0) is 18.9 Å². The standard InChI is InChI=1S/C12H11N3O2.C11H11N2O3P.C11H10N2.CO2/c1-9-2-4-13-11(6-9)12-7-10(3-5-14-12)17-15-8-16;1-8-2-4-12-10(6-8)11-7-9(3-5-13-11)17(14,15)16;1-9-5-7-13-11(8-9)10-4-2-3-6-12-10;2-1-3/h2-8H,1H3,(H,15,16);2-7H,1H3,(H2,14,15,16);2-8H,1H3;. The number of nitrogens with one attached hydrogen (secondary N) is 1. The zero-order valence-corrected chi connectivity index (χ0v) is 28.0. The summed E-state index contributed by atoms with van der Waals surface area (Å²) in [6.45, 7) is 5.95. The SMILES string of the molecule is Cc1ccnc(-c2cc(ONC=O)ccn2)c1.Cc1ccnc(-c2cc(P(=O)(O)O)ccn2)c1.Cc1ccnc(-c2ccccn2)c1.O=C=O. The number of carbonyl (C=O) groups excluding carboxylic acids is 3. The number of nitrogens with zero attached hydrogens (tertiary/aromatic N) is 6. The second kappa shape index (κ2) is 19.5. The maximum atomic E-state index is 11.1. The number of amides is 1. The zero-order valence-electron chi connectivity index (χ0n) is 27.1. The van der Waals surface area contributed by atoms with Gasteiger partial charge in [0.1, 0.15) is 0 Å². The lowest BCUT2D eigenvalue weighted by Gasteiger charge is -2.06. The Hall–Kier alpha value is -6.30. The highest BCUT2D eigenvalue weighted by Gasteiger charge is 2.18. The zero-order chi connectivity index (χ0) is 36.4. The molecule has 50 heavy (non-hydrogen) atoms. The quantitative estimate of drug-likeness (QED) is 0.119. The summed E-state index contributed by atoms with van der Waals surface area (Å²) >= 11 is 0. The van der Waals surface area contributed by atoms with Crippen LogP contribution < -0.4 is 15.6 Å². The van der Waals surface area contributed by atoms with Crippen LogP contribution in [0.4, 0.5) is 0 Å². The van der Waals surface area contributed by atoms with E-state index in [2.05, 4.69) is 35.4 Å².